The van der Waals surface area contributed by atoms with Gasteiger partial charge in [0.2, 0.25) is 5.16 Å². The summed E-state index contributed by atoms with van der Waals surface area (Å²) in [5.74, 6) is 3.04. The summed E-state index contributed by atoms with van der Waals surface area (Å²) in [6, 6.07) is 8.34. The third-order valence-corrected chi connectivity index (χ3v) is 4.14. The molecule has 1 heterocycles. The van der Waals surface area contributed by atoms with E-state index in [0.717, 1.165) is 22.5 Å². The van der Waals surface area contributed by atoms with Crippen LogP contribution in [0.2, 0.25) is 0 Å². The van der Waals surface area contributed by atoms with Gasteiger partial charge >= 0.3 is 0 Å². The molecule has 0 aliphatic heterocycles. The first-order valence-electron chi connectivity index (χ1n) is 7.64. The predicted molar refractivity (Wildman–Crippen MR) is 91.8 cm³/mol. The lowest BCUT2D eigenvalue weighted by Gasteiger charge is -2.19. The predicted octanol–water partition coefficient (Wildman–Crippen LogP) is 4.40. The van der Waals surface area contributed by atoms with Crippen molar-refractivity contribution in [2.24, 2.45) is 0 Å². The molecule has 1 aromatic carbocycles. The van der Waals surface area contributed by atoms with E-state index in [9.17, 15) is 0 Å². The van der Waals surface area contributed by atoms with E-state index in [-0.39, 0.29) is 5.41 Å². The fourth-order valence-electron chi connectivity index (χ4n) is 1.92. The molecule has 22 heavy (non-hydrogen) atoms. The Balaban J connectivity index is 1.76. The lowest BCUT2D eigenvalue weighted by Crippen LogP contribution is -2.10. The van der Waals surface area contributed by atoms with E-state index in [4.69, 9.17) is 4.74 Å². The van der Waals surface area contributed by atoms with Crippen LogP contribution in [0.15, 0.2) is 29.4 Å². The van der Waals surface area contributed by atoms with Gasteiger partial charge in [-0.05, 0) is 23.1 Å². The Morgan fingerprint density at radius 3 is 2.41 bits per heavy atom. The number of aromatic amines is 1. The van der Waals surface area contributed by atoms with Crippen LogP contribution in [0.3, 0.4) is 0 Å². The van der Waals surface area contributed by atoms with E-state index >= 15 is 0 Å². The van der Waals surface area contributed by atoms with Gasteiger partial charge in [0.05, 0.1) is 6.61 Å². The summed E-state index contributed by atoms with van der Waals surface area (Å²) in [5.41, 5.74) is 1.49. The van der Waals surface area contributed by atoms with Crippen molar-refractivity contribution in [1.29, 1.82) is 0 Å². The molecule has 0 spiro atoms. The first kappa shape index (κ1) is 16.9. The Bertz CT molecular complexity index is 585. The van der Waals surface area contributed by atoms with Crippen molar-refractivity contribution in [1.82, 2.24) is 15.2 Å². The first-order valence-corrected chi connectivity index (χ1v) is 8.63. The number of ether oxygens (including phenoxy) is 1. The zero-order valence-electron chi connectivity index (χ0n) is 14.0. The molecule has 0 fully saturated rings. The van der Waals surface area contributed by atoms with Crippen LogP contribution in [0.4, 0.5) is 0 Å². The molecule has 1 aromatic heterocycles. The van der Waals surface area contributed by atoms with Crippen molar-refractivity contribution in [3.63, 3.8) is 0 Å². The van der Waals surface area contributed by atoms with Crippen molar-refractivity contribution < 1.29 is 4.74 Å². The Morgan fingerprint density at radius 2 is 1.86 bits per heavy atom. The van der Waals surface area contributed by atoms with Crippen LogP contribution in [-0.4, -0.2) is 27.5 Å². The highest BCUT2D eigenvalue weighted by Gasteiger charge is 2.13. The lowest BCUT2D eigenvalue weighted by molar-refractivity contribution is 0.343. The van der Waals surface area contributed by atoms with Crippen LogP contribution in [0.5, 0.6) is 5.75 Å². The number of hydrogen-bond acceptors (Lipinski definition) is 4. The highest BCUT2D eigenvalue weighted by Crippen LogP contribution is 2.24. The van der Waals surface area contributed by atoms with Crippen LogP contribution in [0.25, 0.3) is 0 Å². The molecular formula is C17H25N3OS. The maximum absolute atomic E-state index is 5.76. The molecule has 5 heteroatoms. The van der Waals surface area contributed by atoms with E-state index in [0.29, 0.717) is 12.5 Å². The highest BCUT2D eigenvalue weighted by molar-refractivity contribution is 7.99. The number of H-pyrrole nitrogens is 1. The molecule has 2 aromatic rings. The quantitative estimate of drug-likeness (QED) is 0.633. The Kier molecular flexibility index (Phi) is 5.51. The molecule has 120 valence electrons. The van der Waals surface area contributed by atoms with Crippen LogP contribution >= 0.6 is 11.8 Å². The summed E-state index contributed by atoms with van der Waals surface area (Å²) in [4.78, 5) is 4.43. The largest absolute Gasteiger partial charge is 0.493 e. The van der Waals surface area contributed by atoms with Gasteiger partial charge in [0.1, 0.15) is 11.6 Å². The van der Waals surface area contributed by atoms with Crippen molar-refractivity contribution >= 4 is 11.8 Å². The van der Waals surface area contributed by atoms with Gasteiger partial charge in [-0.15, -0.1) is 5.10 Å². The monoisotopic (exact) mass is 319 g/mol. The third-order valence-electron chi connectivity index (χ3n) is 3.33. The summed E-state index contributed by atoms with van der Waals surface area (Å²) in [6.45, 7) is 11.5. The van der Waals surface area contributed by atoms with Crippen LogP contribution in [-0.2, 0) is 5.41 Å². The summed E-state index contributed by atoms with van der Waals surface area (Å²) >= 11 is 1.61. The number of nitrogens with zero attached hydrogens (tertiary/aromatic N) is 2. The summed E-state index contributed by atoms with van der Waals surface area (Å²) < 4.78 is 5.76. The van der Waals surface area contributed by atoms with Crippen molar-refractivity contribution in [3.8, 4) is 5.75 Å². The summed E-state index contributed by atoms with van der Waals surface area (Å²) in [7, 11) is 0. The van der Waals surface area contributed by atoms with Gasteiger partial charge in [0.15, 0.2) is 0 Å². The molecule has 0 unspecified atom stereocenters. The molecule has 0 radical (unpaired) electrons. The van der Waals surface area contributed by atoms with Gasteiger partial charge in [-0.2, -0.15) is 0 Å². The zero-order valence-corrected chi connectivity index (χ0v) is 14.8. The number of rotatable bonds is 6. The molecule has 0 bridgehead atoms. The topological polar surface area (TPSA) is 50.8 Å². The second-order valence-electron chi connectivity index (χ2n) is 6.63. The minimum Gasteiger partial charge on any atom is -0.493 e. The van der Waals surface area contributed by atoms with Gasteiger partial charge in [-0.1, -0.05) is 58.5 Å². The highest BCUT2D eigenvalue weighted by atomic mass is 32.2. The van der Waals surface area contributed by atoms with Crippen LogP contribution in [0.1, 0.15) is 51.9 Å². The van der Waals surface area contributed by atoms with Crippen molar-refractivity contribution in [2.45, 2.75) is 51.1 Å². The molecule has 0 aliphatic carbocycles. The number of nitrogens with one attached hydrogen (secondary N) is 1. The molecule has 4 nitrogen and oxygen atoms in total. The summed E-state index contributed by atoms with van der Waals surface area (Å²) in [5, 5.41) is 7.94. The Labute approximate surface area is 137 Å². The van der Waals surface area contributed by atoms with Gasteiger partial charge < -0.3 is 4.74 Å². The van der Waals surface area contributed by atoms with Gasteiger partial charge in [-0.3, -0.25) is 5.10 Å². The van der Waals surface area contributed by atoms with E-state index in [1.54, 1.807) is 11.8 Å². The molecule has 0 saturated carbocycles. The lowest BCUT2D eigenvalue weighted by atomic mass is 9.87. The molecule has 1 N–H and O–H groups in total. The van der Waals surface area contributed by atoms with Gasteiger partial charge in [0, 0.05) is 11.7 Å². The number of benzene rings is 1. The average Bonchev–Trinajstić information content (AvgIpc) is 2.92. The molecule has 0 saturated heterocycles. The third kappa shape index (κ3) is 4.77. The van der Waals surface area contributed by atoms with Crippen LogP contribution in [0, 0.1) is 0 Å². The molecular weight excluding hydrogens is 294 g/mol. The number of aromatic nitrogens is 3. The maximum Gasteiger partial charge on any atom is 0.208 e. The van der Waals surface area contributed by atoms with E-state index in [2.05, 4.69) is 61.9 Å². The van der Waals surface area contributed by atoms with Crippen molar-refractivity contribution in [3.05, 3.63) is 35.7 Å². The standard InChI is InChI=1S/C17H25N3OS/c1-12(2)15-18-16(20-19-15)22-11-10-21-14-8-6-13(7-9-14)17(3,4)5/h6-9,12H,10-11H2,1-5H3,(H,18,19,20). The van der Waals surface area contributed by atoms with E-state index in [1.807, 2.05) is 12.1 Å². The average molecular weight is 319 g/mol. The molecule has 2 rings (SSSR count). The second kappa shape index (κ2) is 7.18. The first-order chi connectivity index (χ1) is 10.4. The molecule has 0 aliphatic rings. The van der Waals surface area contributed by atoms with Gasteiger partial charge in [-0.25, -0.2) is 4.98 Å². The minimum atomic E-state index is 0.175. The Hall–Kier alpha value is -1.49. The minimum absolute atomic E-state index is 0.175. The number of thioether (sulfide) groups is 1. The second-order valence-corrected chi connectivity index (χ2v) is 7.69. The fraction of sp³-hybridized carbons (Fsp3) is 0.529. The molecule has 0 amide bonds. The Morgan fingerprint density at radius 1 is 1.18 bits per heavy atom. The number of hydrogen-bond donors (Lipinski definition) is 1. The smallest absolute Gasteiger partial charge is 0.208 e. The SMILES string of the molecule is CC(C)c1nc(SCCOc2ccc(C(C)(C)C)cc2)n[nH]1. The zero-order chi connectivity index (χ0) is 16.2. The van der Waals surface area contributed by atoms with Crippen molar-refractivity contribution in [2.75, 3.05) is 12.4 Å². The fourth-order valence-corrected chi connectivity index (χ4v) is 2.55. The normalized spacial score (nSPS) is 11.9. The van der Waals surface area contributed by atoms with E-state index < -0.39 is 0 Å². The van der Waals surface area contributed by atoms with Crippen LogP contribution < -0.4 is 4.74 Å². The molecule has 0 atom stereocenters. The maximum atomic E-state index is 5.76. The summed E-state index contributed by atoms with van der Waals surface area (Å²) in [6.07, 6.45) is 0. The van der Waals surface area contributed by atoms with E-state index in [1.165, 1.54) is 5.56 Å². The van der Waals surface area contributed by atoms with Gasteiger partial charge in [0.25, 0.3) is 0 Å².